The van der Waals surface area contributed by atoms with Crippen LogP contribution in [0.15, 0.2) is 12.1 Å². The second-order valence-corrected chi connectivity index (χ2v) is 12.6. The Morgan fingerprint density at radius 3 is 2.76 bits per heavy atom. The van der Waals surface area contributed by atoms with Crippen molar-refractivity contribution in [3.63, 3.8) is 0 Å². The van der Waals surface area contributed by atoms with Gasteiger partial charge >= 0.3 is 6.01 Å². The number of nitrogens with two attached hydrogens (primary N) is 1. The highest BCUT2D eigenvalue weighted by molar-refractivity contribution is 7.98. The van der Waals surface area contributed by atoms with Crippen LogP contribution < -0.4 is 15.4 Å². The number of aryl methyl sites for hydroxylation is 1. The predicted octanol–water partition coefficient (Wildman–Crippen LogP) is 4.81. The topological polar surface area (TPSA) is 102 Å². The van der Waals surface area contributed by atoms with Crippen molar-refractivity contribution in [1.82, 2.24) is 24.6 Å². The summed E-state index contributed by atoms with van der Waals surface area (Å²) >= 11 is 8.66. The number of aromatic nitrogens is 4. The first-order valence-corrected chi connectivity index (χ1v) is 15.3. The number of hydrogen-bond acceptors (Lipinski definition) is 8. The van der Waals surface area contributed by atoms with Gasteiger partial charge in [0, 0.05) is 61.4 Å². The molecule has 1 aromatic carbocycles. The molecule has 9 nitrogen and oxygen atoms in total. The molecule has 1 unspecified atom stereocenters. The molecule has 0 spiro atoms. The fourth-order valence-electron chi connectivity index (χ4n) is 5.83. The second kappa shape index (κ2) is 11.1. The molecule has 2 aromatic heterocycles. The van der Waals surface area contributed by atoms with Gasteiger partial charge in [0.25, 0.3) is 5.91 Å². The summed E-state index contributed by atoms with van der Waals surface area (Å²) in [6.45, 7) is 3.82. The number of ether oxygens (including phenoxy) is 1. The maximum absolute atomic E-state index is 12.7. The highest BCUT2D eigenvalue weighted by Crippen LogP contribution is 2.51. The van der Waals surface area contributed by atoms with Crippen LogP contribution >= 0.6 is 23.4 Å². The van der Waals surface area contributed by atoms with Gasteiger partial charge in [0.2, 0.25) is 0 Å². The molecule has 4 heterocycles. The van der Waals surface area contributed by atoms with Crippen LogP contribution in [0.3, 0.4) is 0 Å². The first-order chi connectivity index (χ1) is 19.8. The van der Waals surface area contributed by atoms with Crippen molar-refractivity contribution < 1.29 is 9.53 Å². The van der Waals surface area contributed by atoms with Gasteiger partial charge in [0.15, 0.2) is 5.69 Å². The van der Waals surface area contributed by atoms with Gasteiger partial charge in [-0.2, -0.15) is 15.1 Å². The molecule has 1 amide bonds. The highest BCUT2D eigenvalue weighted by Gasteiger charge is 2.35. The normalized spacial score (nSPS) is 18.1. The Bertz CT molecular complexity index is 1590. The third kappa shape index (κ3) is 5.22. The number of nitrogen functional groups attached to an aromatic ring is 1. The van der Waals surface area contributed by atoms with Gasteiger partial charge in [0.1, 0.15) is 5.82 Å². The third-order valence-electron chi connectivity index (χ3n) is 7.91. The number of amides is 1. The van der Waals surface area contributed by atoms with Crippen LogP contribution in [-0.4, -0.2) is 58.3 Å². The summed E-state index contributed by atoms with van der Waals surface area (Å²) in [6, 6.07) is 4.51. The first-order valence-electron chi connectivity index (χ1n) is 13.9. The summed E-state index contributed by atoms with van der Waals surface area (Å²) in [5.74, 6) is 8.35. The van der Waals surface area contributed by atoms with Crippen LogP contribution in [0.4, 0.5) is 11.5 Å². The van der Waals surface area contributed by atoms with Gasteiger partial charge in [0.05, 0.1) is 30.1 Å². The molecule has 0 radical (unpaired) electrons. The number of carbonyl (C=O) groups excluding carboxylic acids is 1. The summed E-state index contributed by atoms with van der Waals surface area (Å²) in [4.78, 5) is 26.1. The minimum absolute atomic E-state index is 0.203. The Kier molecular flexibility index (Phi) is 7.51. The average molecular weight is 592 g/mol. The molecule has 2 N–H and O–H groups in total. The van der Waals surface area contributed by atoms with Crippen LogP contribution in [0.5, 0.6) is 6.01 Å². The van der Waals surface area contributed by atoms with E-state index >= 15 is 0 Å². The summed E-state index contributed by atoms with van der Waals surface area (Å²) in [5.41, 5.74) is 14.0. The Balaban J connectivity index is 1.36. The lowest BCUT2D eigenvalue weighted by molar-refractivity contribution is 0.0821. The number of nitrogens with zero attached hydrogens (tertiary/aromatic N) is 6. The van der Waals surface area contributed by atoms with Crippen molar-refractivity contribution in [2.24, 2.45) is 0 Å². The van der Waals surface area contributed by atoms with Gasteiger partial charge in [-0.3, -0.25) is 9.48 Å². The molecule has 1 atom stereocenters. The lowest BCUT2D eigenvalue weighted by atomic mass is 9.92. The van der Waals surface area contributed by atoms with E-state index in [1.807, 2.05) is 29.4 Å². The van der Waals surface area contributed by atoms with Crippen molar-refractivity contribution in [2.45, 2.75) is 62.6 Å². The minimum atomic E-state index is -0.203. The zero-order valence-electron chi connectivity index (χ0n) is 23.8. The van der Waals surface area contributed by atoms with E-state index in [0.717, 1.165) is 59.2 Å². The number of rotatable bonds is 5. The molecule has 1 saturated carbocycles. The van der Waals surface area contributed by atoms with Crippen molar-refractivity contribution in [3.8, 4) is 17.9 Å². The monoisotopic (exact) mass is 591 g/mol. The summed E-state index contributed by atoms with van der Waals surface area (Å²) in [5, 5.41) is 5.18. The van der Waals surface area contributed by atoms with E-state index in [9.17, 15) is 4.79 Å². The third-order valence-corrected chi connectivity index (χ3v) is 9.58. The number of benzene rings is 1. The van der Waals surface area contributed by atoms with E-state index < -0.39 is 0 Å². The Hall–Kier alpha value is -3.42. The lowest BCUT2D eigenvalue weighted by Gasteiger charge is -2.31. The molecule has 1 fully saturated rings. The van der Waals surface area contributed by atoms with Gasteiger partial charge in [-0.05, 0) is 55.4 Å². The number of fused-ring (bicyclic) bond motifs is 2. The molecule has 41 heavy (non-hydrogen) atoms. The molecule has 11 heteroatoms. The SMILES string of the molecule is CC#Cc1cc(N)cc(C2Cc3nc(OC)nc(N4CCCn5nc(C(=O)N(C)C)c(Cl)c5C4)c3CS2)c1C1CC1. The van der Waals surface area contributed by atoms with Crippen LogP contribution in [-0.2, 0) is 25.3 Å². The quantitative estimate of drug-likeness (QED) is 0.333. The molecule has 2 aliphatic heterocycles. The number of hydrogen-bond donors (Lipinski definition) is 1. The highest BCUT2D eigenvalue weighted by atomic mass is 35.5. The molecular weight excluding hydrogens is 558 g/mol. The largest absolute Gasteiger partial charge is 0.467 e. The maximum atomic E-state index is 12.7. The molecule has 3 aromatic rings. The molecule has 0 bridgehead atoms. The fourth-order valence-corrected chi connectivity index (χ4v) is 7.41. The van der Waals surface area contributed by atoms with Crippen molar-refractivity contribution >= 4 is 40.8 Å². The second-order valence-electron chi connectivity index (χ2n) is 11.0. The van der Waals surface area contributed by atoms with Gasteiger partial charge in [-0.1, -0.05) is 17.5 Å². The first kappa shape index (κ1) is 27.7. The van der Waals surface area contributed by atoms with Crippen LogP contribution in [0.2, 0.25) is 5.02 Å². The molecule has 0 saturated heterocycles. The van der Waals surface area contributed by atoms with Crippen LogP contribution in [0.25, 0.3) is 0 Å². The number of thioether (sulfide) groups is 1. The number of carbonyl (C=O) groups is 1. The van der Waals surface area contributed by atoms with Crippen LogP contribution in [0, 0.1) is 11.8 Å². The van der Waals surface area contributed by atoms with Crippen molar-refractivity contribution in [3.05, 3.63) is 56.5 Å². The Morgan fingerprint density at radius 2 is 2.05 bits per heavy atom. The Labute approximate surface area is 249 Å². The van der Waals surface area contributed by atoms with Gasteiger partial charge in [-0.15, -0.1) is 17.7 Å². The van der Waals surface area contributed by atoms with Crippen molar-refractivity contribution in [1.29, 1.82) is 0 Å². The maximum Gasteiger partial charge on any atom is 0.318 e. The predicted molar refractivity (Wildman–Crippen MR) is 163 cm³/mol. The van der Waals surface area contributed by atoms with E-state index in [0.29, 0.717) is 30.0 Å². The summed E-state index contributed by atoms with van der Waals surface area (Å²) in [6.07, 6.45) is 3.98. The van der Waals surface area contributed by atoms with E-state index in [1.165, 1.54) is 28.9 Å². The minimum Gasteiger partial charge on any atom is -0.467 e. The Morgan fingerprint density at radius 1 is 1.24 bits per heavy atom. The number of methoxy groups -OCH3 is 1. The molecule has 1 aliphatic carbocycles. The number of halogens is 1. The number of anilines is 2. The lowest BCUT2D eigenvalue weighted by Crippen LogP contribution is -2.27. The molecule has 6 rings (SSSR count). The van der Waals surface area contributed by atoms with Gasteiger partial charge < -0.3 is 20.3 Å². The summed E-state index contributed by atoms with van der Waals surface area (Å²) in [7, 11) is 5.01. The van der Waals surface area contributed by atoms with Gasteiger partial charge in [-0.25, -0.2) is 0 Å². The van der Waals surface area contributed by atoms with E-state index in [2.05, 4.69) is 27.9 Å². The smallest absolute Gasteiger partial charge is 0.318 e. The zero-order chi connectivity index (χ0) is 28.8. The van der Waals surface area contributed by atoms with E-state index in [4.69, 9.17) is 32.0 Å². The average Bonchev–Trinajstić information content (AvgIpc) is 3.78. The molecule has 214 valence electrons. The standard InChI is InChI=1S/C30H34ClN7O2S/c1-5-7-18-12-19(32)13-20(25(18)17-8-9-17)24-14-22-21(16-41-24)28(34-30(33-22)40-4)37-10-6-11-38-23(15-37)26(31)27(35-38)29(39)36(2)3/h12-13,17,24H,6,8-11,14-16,32H2,1-4H3. The fraction of sp³-hybridized carbons (Fsp3) is 0.467. The van der Waals surface area contributed by atoms with E-state index in [-0.39, 0.29) is 16.9 Å². The molecular formula is C30H34ClN7O2S. The summed E-state index contributed by atoms with van der Waals surface area (Å²) < 4.78 is 7.46. The zero-order valence-corrected chi connectivity index (χ0v) is 25.4. The van der Waals surface area contributed by atoms with Crippen molar-refractivity contribution in [2.75, 3.05) is 38.4 Å². The van der Waals surface area contributed by atoms with Crippen LogP contribution in [0.1, 0.15) is 81.5 Å². The molecule has 3 aliphatic rings. The van der Waals surface area contributed by atoms with E-state index in [1.54, 1.807) is 21.2 Å².